The van der Waals surface area contributed by atoms with Gasteiger partial charge in [0.25, 0.3) is 5.69 Å². The van der Waals surface area contributed by atoms with Crippen molar-refractivity contribution in [2.45, 2.75) is 38.1 Å². The molecule has 21 heavy (non-hydrogen) atoms. The molecule has 0 saturated carbocycles. The Kier molecular flexibility index (Phi) is 7.67. The third-order valence-corrected chi connectivity index (χ3v) is 4.25. The van der Waals surface area contributed by atoms with Crippen molar-refractivity contribution in [3.8, 4) is 0 Å². The van der Waals surface area contributed by atoms with Gasteiger partial charge in [-0.05, 0) is 24.5 Å². The lowest BCUT2D eigenvalue weighted by Gasteiger charge is -2.34. The van der Waals surface area contributed by atoms with E-state index >= 15 is 0 Å². The topological polar surface area (TPSA) is 55.6 Å². The lowest BCUT2D eigenvalue weighted by molar-refractivity contribution is -0.384. The van der Waals surface area contributed by atoms with Crippen LogP contribution in [0.15, 0.2) is 18.2 Å². The van der Waals surface area contributed by atoms with Crippen LogP contribution in [0.25, 0.3) is 0 Å². The number of non-ortho nitro benzene ring substituents is 1. The number of nitrogens with zero attached hydrogens (tertiary/aromatic N) is 2. The van der Waals surface area contributed by atoms with E-state index in [-0.39, 0.29) is 10.6 Å². The maximum absolute atomic E-state index is 10.9. The largest absolute Gasteiger partial charge is 0.383 e. The quantitative estimate of drug-likeness (QED) is 0.378. The van der Waals surface area contributed by atoms with Gasteiger partial charge in [0, 0.05) is 42.8 Å². The number of alkyl halides is 1. The molecular formula is C15H23BrN2O3. The predicted octanol–water partition coefficient (Wildman–Crippen LogP) is 4.13. The van der Waals surface area contributed by atoms with E-state index in [2.05, 4.69) is 34.7 Å². The van der Waals surface area contributed by atoms with Crippen LogP contribution in [0.4, 0.5) is 11.4 Å². The van der Waals surface area contributed by atoms with Crippen molar-refractivity contribution in [1.82, 2.24) is 0 Å². The standard InChI is InChI=1S/C15H23BrN2O3/c1-4-13(5-2)17(8-9-21-3)15-7-6-14(18(19)20)10-12(15)11-16/h6-7,10,13H,4-5,8-9,11H2,1-3H3. The molecule has 0 aliphatic heterocycles. The van der Waals surface area contributed by atoms with Crippen LogP contribution in [0.5, 0.6) is 0 Å². The molecule has 0 unspecified atom stereocenters. The Morgan fingerprint density at radius 3 is 2.52 bits per heavy atom. The van der Waals surface area contributed by atoms with E-state index in [0.717, 1.165) is 30.6 Å². The molecule has 5 nitrogen and oxygen atoms in total. The third-order valence-electron chi connectivity index (χ3n) is 3.65. The van der Waals surface area contributed by atoms with E-state index in [1.54, 1.807) is 19.2 Å². The monoisotopic (exact) mass is 358 g/mol. The number of anilines is 1. The van der Waals surface area contributed by atoms with Gasteiger partial charge < -0.3 is 9.64 Å². The molecule has 0 heterocycles. The summed E-state index contributed by atoms with van der Waals surface area (Å²) in [6.07, 6.45) is 2.05. The van der Waals surface area contributed by atoms with Crippen molar-refractivity contribution >= 4 is 27.3 Å². The summed E-state index contributed by atoms with van der Waals surface area (Å²) in [5.74, 6) is 0. The molecule has 6 heteroatoms. The Balaban J connectivity index is 3.19. The fourth-order valence-corrected chi connectivity index (χ4v) is 2.94. The minimum Gasteiger partial charge on any atom is -0.383 e. The fourth-order valence-electron chi connectivity index (χ4n) is 2.49. The molecule has 1 rings (SSSR count). The van der Waals surface area contributed by atoms with Gasteiger partial charge in [0.05, 0.1) is 11.5 Å². The summed E-state index contributed by atoms with van der Waals surface area (Å²) in [5, 5.41) is 11.5. The smallest absolute Gasteiger partial charge is 0.269 e. The van der Waals surface area contributed by atoms with Gasteiger partial charge in [-0.15, -0.1) is 0 Å². The first kappa shape index (κ1) is 17.9. The van der Waals surface area contributed by atoms with Gasteiger partial charge in [0.1, 0.15) is 0 Å². The summed E-state index contributed by atoms with van der Waals surface area (Å²) in [7, 11) is 1.69. The van der Waals surface area contributed by atoms with Crippen molar-refractivity contribution < 1.29 is 9.66 Å². The average Bonchev–Trinajstić information content (AvgIpc) is 2.50. The Morgan fingerprint density at radius 2 is 2.05 bits per heavy atom. The molecule has 0 saturated heterocycles. The van der Waals surface area contributed by atoms with E-state index in [0.29, 0.717) is 18.0 Å². The molecule has 0 atom stereocenters. The molecule has 0 aromatic heterocycles. The molecule has 0 bridgehead atoms. The third kappa shape index (κ3) is 4.68. The van der Waals surface area contributed by atoms with Gasteiger partial charge in [0.15, 0.2) is 0 Å². The van der Waals surface area contributed by atoms with E-state index < -0.39 is 0 Å². The first-order valence-electron chi connectivity index (χ1n) is 7.17. The molecule has 118 valence electrons. The van der Waals surface area contributed by atoms with Crippen LogP contribution in [0.2, 0.25) is 0 Å². The number of hydrogen-bond donors (Lipinski definition) is 0. The van der Waals surface area contributed by atoms with Crippen molar-refractivity contribution in [2.24, 2.45) is 0 Å². The first-order valence-corrected chi connectivity index (χ1v) is 8.29. The van der Waals surface area contributed by atoms with Crippen LogP contribution in [0, 0.1) is 10.1 Å². The zero-order valence-corrected chi connectivity index (χ0v) is 14.4. The Labute approximate surface area is 134 Å². The van der Waals surface area contributed by atoms with Crippen LogP contribution in [0.3, 0.4) is 0 Å². The van der Waals surface area contributed by atoms with E-state index in [1.807, 2.05) is 6.07 Å². The SMILES string of the molecule is CCC(CC)N(CCOC)c1ccc([N+](=O)[O-])cc1CBr. The number of hydrogen-bond acceptors (Lipinski definition) is 4. The van der Waals surface area contributed by atoms with Crippen LogP contribution in [0.1, 0.15) is 32.3 Å². The first-order chi connectivity index (χ1) is 10.1. The van der Waals surface area contributed by atoms with Gasteiger partial charge in [0.2, 0.25) is 0 Å². The molecular weight excluding hydrogens is 336 g/mol. The summed E-state index contributed by atoms with van der Waals surface area (Å²) >= 11 is 3.44. The predicted molar refractivity (Wildman–Crippen MR) is 89.3 cm³/mol. The summed E-state index contributed by atoms with van der Waals surface area (Å²) in [4.78, 5) is 12.9. The number of rotatable bonds is 9. The van der Waals surface area contributed by atoms with Gasteiger partial charge in [-0.1, -0.05) is 29.8 Å². The van der Waals surface area contributed by atoms with Crippen molar-refractivity contribution in [1.29, 1.82) is 0 Å². The van der Waals surface area contributed by atoms with E-state index in [1.165, 1.54) is 0 Å². The zero-order valence-electron chi connectivity index (χ0n) is 12.8. The molecule has 0 radical (unpaired) electrons. The second-order valence-corrected chi connectivity index (χ2v) is 5.42. The van der Waals surface area contributed by atoms with Crippen LogP contribution in [-0.4, -0.2) is 31.2 Å². The molecule has 0 N–H and O–H groups in total. The van der Waals surface area contributed by atoms with Gasteiger partial charge in [-0.25, -0.2) is 0 Å². The highest BCUT2D eigenvalue weighted by molar-refractivity contribution is 9.08. The zero-order chi connectivity index (χ0) is 15.8. The number of nitro benzene ring substituents is 1. The normalized spacial score (nSPS) is 10.9. The van der Waals surface area contributed by atoms with E-state index in [9.17, 15) is 10.1 Å². The number of ether oxygens (including phenoxy) is 1. The Bertz CT molecular complexity index is 464. The van der Waals surface area contributed by atoms with Gasteiger partial charge in [-0.2, -0.15) is 0 Å². The summed E-state index contributed by atoms with van der Waals surface area (Å²) in [6, 6.07) is 5.47. The van der Waals surface area contributed by atoms with Gasteiger partial charge in [-0.3, -0.25) is 10.1 Å². The van der Waals surface area contributed by atoms with Gasteiger partial charge >= 0.3 is 0 Å². The van der Waals surface area contributed by atoms with Crippen LogP contribution >= 0.6 is 15.9 Å². The lowest BCUT2D eigenvalue weighted by atomic mass is 10.1. The maximum Gasteiger partial charge on any atom is 0.269 e. The fraction of sp³-hybridized carbons (Fsp3) is 0.600. The van der Waals surface area contributed by atoms with E-state index in [4.69, 9.17) is 4.74 Å². The van der Waals surface area contributed by atoms with Crippen LogP contribution in [-0.2, 0) is 10.1 Å². The van der Waals surface area contributed by atoms with Crippen molar-refractivity contribution in [2.75, 3.05) is 25.2 Å². The van der Waals surface area contributed by atoms with Crippen LogP contribution < -0.4 is 4.90 Å². The number of nitro groups is 1. The molecule has 1 aromatic carbocycles. The molecule has 0 amide bonds. The highest BCUT2D eigenvalue weighted by atomic mass is 79.9. The Morgan fingerprint density at radius 1 is 1.38 bits per heavy atom. The minimum absolute atomic E-state index is 0.129. The Hall–Kier alpha value is -1.14. The maximum atomic E-state index is 10.9. The second-order valence-electron chi connectivity index (χ2n) is 4.86. The molecule has 0 fully saturated rings. The number of benzene rings is 1. The highest BCUT2D eigenvalue weighted by Gasteiger charge is 2.20. The van der Waals surface area contributed by atoms with Crippen molar-refractivity contribution in [3.63, 3.8) is 0 Å². The summed E-state index contributed by atoms with van der Waals surface area (Å²) in [5.41, 5.74) is 2.11. The number of methoxy groups -OCH3 is 1. The van der Waals surface area contributed by atoms with Crippen molar-refractivity contribution in [3.05, 3.63) is 33.9 Å². The summed E-state index contributed by atoms with van der Waals surface area (Å²) < 4.78 is 5.21. The molecule has 1 aromatic rings. The highest BCUT2D eigenvalue weighted by Crippen LogP contribution is 2.30. The average molecular weight is 359 g/mol. The molecule has 0 spiro atoms. The molecule has 0 aliphatic rings. The summed E-state index contributed by atoms with van der Waals surface area (Å²) in [6.45, 7) is 5.73. The second kappa shape index (κ2) is 9.00. The number of halogens is 1. The molecule has 0 aliphatic carbocycles. The lowest BCUT2D eigenvalue weighted by Crippen LogP contribution is -2.37. The minimum atomic E-state index is -0.355.